The summed E-state index contributed by atoms with van der Waals surface area (Å²) in [5, 5.41) is 1.11. The summed E-state index contributed by atoms with van der Waals surface area (Å²) in [4.78, 5) is 20.1. The third-order valence-electron chi connectivity index (χ3n) is 5.47. The number of hydrogen-bond acceptors (Lipinski definition) is 5. The van der Waals surface area contributed by atoms with Crippen molar-refractivity contribution in [3.05, 3.63) is 15.6 Å². The molecule has 140 valence electrons. The molecule has 6 nitrogen and oxygen atoms in total. The van der Waals surface area contributed by atoms with Crippen molar-refractivity contribution in [2.75, 3.05) is 26.4 Å². The number of hydrogen-bond donors (Lipinski definition) is 0. The molecule has 0 atom stereocenters. The van der Waals surface area contributed by atoms with Crippen molar-refractivity contribution in [2.24, 2.45) is 0 Å². The normalized spacial score (nSPS) is 20.9. The monoisotopic (exact) mass is 385 g/mol. The van der Waals surface area contributed by atoms with Crippen LogP contribution >= 0.6 is 11.3 Å². The van der Waals surface area contributed by atoms with Crippen molar-refractivity contribution in [3.63, 3.8) is 0 Å². The van der Waals surface area contributed by atoms with Gasteiger partial charge in [0.15, 0.2) is 0 Å². The molecule has 1 saturated heterocycles. The highest BCUT2D eigenvalue weighted by molar-refractivity contribution is 7.88. The highest BCUT2D eigenvalue weighted by Gasteiger charge is 2.31. The van der Waals surface area contributed by atoms with Gasteiger partial charge in [-0.2, -0.15) is 0 Å². The maximum absolute atomic E-state index is 12.9. The average Bonchev–Trinajstić information content (AvgIpc) is 3.22. The highest BCUT2D eigenvalue weighted by Crippen LogP contribution is 2.37. The molecule has 1 saturated carbocycles. The van der Waals surface area contributed by atoms with Gasteiger partial charge in [0.05, 0.1) is 17.0 Å². The fraction of sp³-hybridized carbons (Fsp3) is 0.765. The largest absolute Gasteiger partial charge is 0.338 e. The van der Waals surface area contributed by atoms with Gasteiger partial charge in [0.1, 0.15) is 4.88 Å². The van der Waals surface area contributed by atoms with Gasteiger partial charge >= 0.3 is 0 Å². The second-order valence-electron chi connectivity index (χ2n) is 7.26. The molecule has 0 bridgehead atoms. The van der Waals surface area contributed by atoms with Gasteiger partial charge in [-0.3, -0.25) is 4.79 Å². The Morgan fingerprint density at radius 1 is 1.20 bits per heavy atom. The van der Waals surface area contributed by atoms with Gasteiger partial charge in [-0.05, 0) is 32.6 Å². The van der Waals surface area contributed by atoms with E-state index in [9.17, 15) is 13.2 Å². The van der Waals surface area contributed by atoms with Crippen molar-refractivity contribution in [2.45, 2.75) is 57.4 Å². The van der Waals surface area contributed by atoms with E-state index in [1.54, 1.807) is 16.2 Å². The summed E-state index contributed by atoms with van der Waals surface area (Å²) in [6.07, 6.45) is 7.48. The number of nitrogens with zero attached hydrogens (tertiary/aromatic N) is 3. The predicted molar refractivity (Wildman–Crippen MR) is 99.6 cm³/mol. The molecule has 0 unspecified atom stereocenters. The second kappa shape index (κ2) is 7.32. The first-order valence-corrected chi connectivity index (χ1v) is 11.6. The van der Waals surface area contributed by atoms with E-state index in [0.717, 1.165) is 15.6 Å². The second-order valence-corrected chi connectivity index (χ2v) is 10.3. The minimum absolute atomic E-state index is 0.0250. The van der Waals surface area contributed by atoms with E-state index in [1.165, 1.54) is 36.2 Å². The molecule has 8 heteroatoms. The Hall–Kier alpha value is -0.990. The molecule has 1 amide bonds. The number of thiazole rings is 1. The molecule has 0 spiro atoms. The molecule has 1 aliphatic carbocycles. The number of rotatable bonds is 4. The van der Waals surface area contributed by atoms with Gasteiger partial charge in [0.25, 0.3) is 5.91 Å². The Balaban J connectivity index is 1.67. The molecular weight excluding hydrogens is 358 g/mol. The molecule has 0 N–H and O–H groups in total. The van der Waals surface area contributed by atoms with Gasteiger partial charge in [-0.25, -0.2) is 17.7 Å². The summed E-state index contributed by atoms with van der Waals surface area (Å²) in [5.41, 5.74) is 0.831. The van der Waals surface area contributed by atoms with Crippen LogP contribution in [0.2, 0.25) is 0 Å². The zero-order valence-electron chi connectivity index (χ0n) is 15.2. The first-order valence-electron chi connectivity index (χ1n) is 8.97. The van der Waals surface area contributed by atoms with Gasteiger partial charge < -0.3 is 4.90 Å². The number of carbonyl (C=O) groups excluding carboxylic acids is 1. The van der Waals surface area contributed by atoms with E-state index < -0.39 is 10.0 Å². The Morgan fingerprint density at radius 3 is 2.36 bits per heavy atom. The topological polar surface area (TPSA) is 70.6 Å². The molecule has 1 aromatic heterocycles. The number of carbonyl (C=O) groups is 1. The molecule has 2 aliphatic rings. The summed E-state index contributed by atoms with van der Waals surface area (Å²) < 4.78 is 24.8. The van der Waals surface area contributed by atoms with Crippen LogP contribution in [-0.2, 0) is 10.0 Å². The zero-order chi connectivity index (χ0) is 18.2. The number of amides is 1. The first kappa shape index (κ1) is 18.8. The molecule has 3 rings (SSSR count). The van der Waals surface area contributed by atoms with Crippen molar-refractivity contribution in [1.82, 2.24) is 14.2 Å². The Labute approximate surface area is 154 Å². The maximum atomic E-state index is 12.9. The van der Waals surface area contributed by atoms with E-state index in [0.29, 0.717) is 31.8 Å². The number of piperidine rings is 1. The lowest BCUT2D eigenvalue weighted by atomic mass is 10.1. The molecule has 1 aliphatic heterocycles. The Morgan fingerprint density at radius 2 is 1.80 bits per heavy atom. The van der Waals surface area contributed by atoms with Crippen molar-refractivity contribution >= 4 is 27.3 Å². The molecular formula is C17H27N3O3S2. The molecule has 1 aromatic rings. The van der Waals surface area contributed by atoms with Crippen LogP contribution < -0.4 is 0 Å². The number of sulfonamides is 1. The quantitative estimate of drug-likeness (QED) is 0.799. The molecule has 0 aromatic carbocycles. The van der Waals surface area contributed by atoms with Crippen molar-refractivity contribution < 1.29 is 13.2 Å². The van der Waals surface area contributed by atoms with Crippen LogP contribution in [0.3, 0.4) is 0 Å². The minimum Gasteiger partial charge on any atom is -0.338 e. The van der Waals surface area contributed by atoms with Crippen LogP contribution in [0.4, 0.5) is 0 Å². The van der Waals surface area contributed by atoms with Crippen LogP contribution in [-0.4, -0.2) is 60.9 Å². The van der Waals surface area contributed by atoms with E-state index in [4.69, 9.17) is 0 Å². The standard InChI is InChI=1S/C17H27N3O3S2/c1-12-15(24-16(18-12)13-6-4-5-7-13)17(21)19(2)14-8-10-20(11-9-14)25(3,22)23/h13-14H,4-11H2,1-3H3. The van der Waals surface area contributed by atoms with Crippen LogP contribution in [0.25, 0.3) is 0 Å². The average molecular weight is 386 g/mol. The number of aryl methyl sites for hydroxylation is 1. The highest BCUT2D eigenvalue weighted by atomic mass is 32.2. The summed E-state index contributed by atoms with van der Waals surface area (Å²) in [7, 11) is -1.31. The van der Waals surface area contributed by atoms with Crippen molar-refractivity contribution in [3.8, 4) is 0 Å². The summed E-state index contributed by atoms with van der Waals surface area (Å²) in [6, 6.07) is 0.0851. The maximum Gasteiger partial charge on any atom is 0.265 e. The SMILES string of the molecule is Cc1nc(C2CCCC2)sc1C(=O)N(C)C1CCN(S(C)(=O)=O)CC1. The van der Waals surface area contributed by atoms with Crippen LogP contribution in [0, 0.1) is 6.92 Å². The van der Waals surface area contributed by atoms with Gasteiger partial charge in [-0.1, -0.05) is 12.8 Å². The first-order chi connectivity index (χ1) is 11.8. The summed E-state index contributed by atoms with van der Waals surface area (Å²) >= 11 is 1.55. The lowest BCUT2D eigenvalue weighted by Gasteiger charge is -2.35. The van der Waals surface area contributed by atoms with Crippen LogP contribution in [0.5, 0.6) is 0 Å². The molecule has 0 radical (unpaired) electrons. The fourth-order valence-electron chi connectivity index (χ4n) is 3.85. The van der Waals surface area contributed by atoms with E-state index in [2.05, 4.69) is 4.98 Å². The van der Waals surface area contributed by atoms with Crippen molar-refractivity contribution in [1.29, 1.82) is 0 Å². The van der Waals surface area contributed by atoms with Crippen LogP contribution in [0.15, 0.2) is 0 Å². The van der Waals surface area contributed by atoms with Gasteiger partial charge in [-0.15, -0.1) is 11.3 Å². The zero-order valence-corrected chi connectivity index (χ0v) is 16.8. The molecule has 25 heavy (non-hydrogen) atoms. The van der Waals surface area contributed by atoms with Gasteiger partial charge in [0.2, 0.25) is 10.0 Å². The van der Waals surface area contributed by atoms with Crippen LogP contribution in [0.1, 0.15) is 64.8 Å². The molecule has 2 fully saturated rings. The fourth-order valence-corrected chi connectivity index (χ4v) is 5.94. The minimum atomic E-state index is -3.14. The van der Waals surface area contributed by atoms with E-state index in [1.807, 2.05) is 14.0 Å². The van der Waals surface area contributed by atoms with E-state index >= 15 is 0 Å². The lowest BCUT2D eigenvalue weighted by Crippen LogP contribution is -2.47. The third kappa shape index (κ3) is 4.06. The van der Waals surface area contributed by atoms with Gasteiger partial charge in [0, 0.05) is 32.1 Å². The predicted octanol–water partition coefficient (Wildman–Crippen LogP) is 2.61. The smallest absolute Gasteiger partial charge is 0.265 e. The Kier molecular flexibility index (Phi) is 5.51. The molecule has 2 heterocycles. The number of aromatic nitrogens is 1. The van der Waals surface area contributed by atoms with E-state index in [-0.39, 0.29) is 11.9 Å². The summed E-state index contributed by atoms with van der Waals surface area (Å²) in [6.45, 7) is 2.88. The third-order valence-corrected chi connectivity index (χ3v) is 8.08. The lowest BCUT2D eigenvalue weighted by molar-refractivity contribution is 0.0686. The summed E-state index contributed by atoms with van der Waals surface area (Å²) in [5.74, 6) is 0.547. The Bertz CT molecular complexity index is 730.